The molecule has 0 radical (unpaired) electrons. The number of nitrogens with zero attached hydrogens (tertiary/aromatic N) is 2. The summed E-state index contributed by atoms with van der Waals surface area (Å²) >= 11 is 0. The number of ether oxygens (including phenoxy) is 1. The van der Waals surface area contributed by atoms with Crippen LogP contribution in [0.2, 0.25) is 0 Å². The summed E-state index contributed by atoms with van der Waals surface area (Å²) in [5.41, 5.74) is 1.52. The second kappa shape index (κ2) is 6.24. The first kappa shape index (κ1) is 15.9. The van der Waals surface area contributed by atoms with Crippen molar-refractivity contribution in [1.82, 2.24) is 9.80 Å². The number of para-hydroxylation sites is 1. The molecule has 1 fully saturated rings. The lowest BCUT2D eigenvalue weighted by Gasteiger charge is -2.34. The highest BCUT2D eigenvalue weighted by atomic mass is 16.5. The fourth-order valence-electron chi connectivity index (χ4n) is 3.29. The second-order valence-electron chi connectivity index (χ2n) is 6.34. The van der Waals surface area contributed by atoms with Crippen molar-refractivity contribution >= 4 is 16.9 Å². The molecule has 5 nitrogen and oxygen atoms in total. The van der Waals surface area contributed by atoms with Crippen LogP contribution in [0.3, 0.4) is 0 Å². The summed E-state index contributed by atoms with van der Waals surface area (Å²) in [4.78, 5) is 17.0. The van der Waals surface area contributed by atoms with Crippen molar-refractivity contribution in [2.24, 2.45) is 0 Å². The summed E-state index contributed by atoms with van der Waals surface area (Å²) in [7, 11) is 5.61. The molecule has 0 saturated carbocycles. The molecule has 0 bridgehead atoms. The molecule has 0 atom stereocenters. The summed E-state index contributed by atoms with van der Waals surface area (Å²) in [5, 5.41) is 0.935. The van der Waals surface area contributed by atoms with Crippen molar-refractivity contribution in [3.8, 4) is 5.75 Å². The Morgan fingerprint density at radius 1 is 1.35 bits per heavy atom. The molecule has 1 aromatic carbocycles. The van der Waals surface area contributed by atoms with E-state index in [0.717, 1.165) is 36.9 Å². The highest BCUT2D eigenvalue weighted by Gasteiger charge is 2.28. The van der Waals surface area contributed by atoms with E-state index in [1.165, 1.54) is 0 Å². The van der Waals surface area contributed by atoms with Gasteiger partial charge in [0.2, 0.25) is 0 Å². The quantitative estimate of drug-likeness (QED) is 0.873. The Morgan fingerprint density at radius 3 is 2.70 bits per heavy atom. The summed E-state index contributed by atoms with van der Waals surface area (Å²) in [5.74, 6) is 1.04. The molecule has 5 heteroatoms. The van der Waals surface area contributed by atoms with Crippen LogP contribution in [-0.2, 0) is 0 Å². The van der Waals surface area contributed by atoms with Gasteiger partial charge in [0.15, 0.2) is 17.1 Å². The van der Waals surface area contributed by atoms with Gasteiger partial charge in [-0.3, -0.25) is 4.79 Å². The molecule has 0 N–H and O–H groups in total. The standard InChI is InChI=1S/C18H24N2O3/c1-12-14-6-5-7-15(22-4)17(14)23-16(12)18(21)20(3)13-8-10-19(2)11-9-13/h5-7,13H,8-11H2,1-4H3. The van der Waals surface area contributed by atoms with E-state index in [9.17, 15) is 4.79 Å². The summed E-state index contributed by atoms with van der Waals surface area (Å²) in [6.07, 6.45) is 2.00. The maximum atomic E-state index is 12.9. The van der Waals surface area contributed by atoms with Crippen LogP contribution in [0, 0.1) is 6.92 Å². The average Bonchev–Trinajstić information content (AvgIpc) is 2.91. The first-order valence-corrected chi connectivity index (χ1v) is 8.04. The molecule has 124 valence electrons. The molecule has 1 saturated heterocycles. The van der Waals surface area contributed by atoms with E-state index >= 15 is 0 Å². The normalized spacial score (nSPS) is 16.7. The van der Waals surface area contributed by atoms with Crippen molar-refractivity contribution in [1.29, 1.82) is 0 Å². The molecular formula is C18H24N2O3. The molecule has 2 aromatic rings. The summed E-state index contributed by atoms with van der Waals surface area (Å²) in [6.45, 7) is 3.98. The van der Waals surface area contributed by atoms with Gasteiger partial charge in [0.05, 0.1) is 7.11 Å². The first-order chi connectivity index (χ1) is 11.0. The third-order valence-electron chi connectivity index (χ3n) is 4.90. The van der Waals surface area contributed by atoms with E-state index in [0.29, 0.717) is 17.1 Å². The van der Waals surface area contributed by atoms with Gasteiger partial charge in [0.25, 0.3) is 5.91 Å². The van der Waals surface area contributed by atoms with Crippen molar-refractivity contribution in [2.75, 3.05) is 34.3 Å². The Kier molecular flexibility index (Phi) is 4.31. The maximum absolute atomic E-state index is 12.9. The van der Waals surface area contributed by atoms with E-state index < -0.39 is 0 Å². The number of hydrogen-bond donors (Lipinski definition) is 0. The fraction of sp³-hybridized carbons (Fsp3) is 0.500. The number of methoxy groups -OCH3 is 1. The first-order valence-electron chi connectivity index (χ1n) is 8.04. The second-order valence-corrected chi connectivity index (χ2v) is 6.34. The number of rotatable bonds is 3. The number of hydrogen-bond acceptors (Lipinski definition) is 4. The number of carbonyl (C=O) groups excluding carboxylic acids is 1. The fourth-order valence-corrected chi connectivity index (χ4v) is 3.29. The number of amides is 1. The van der Waals surface area contributed by atoms with Crippen LogP contribution >= 0.6 is 0 Å². The van der Waals surface area contributed by atoms with Gasteiger partial charge in [-0.2, -0.15) is 0 Å². The number of carbonyl (C=O) groups is 1. The molecule has 0 spiro atoms. The molecule has 1 aliphatic rings. The lowest BCUT2D eigenvalue weighted by Crippen LogP contribution is -2.44. The molecule has 0 unspecified atom stereocenters. The summed E-state index contributed by atoms with van der Waals surface area (Å²) < 4.78 is 11.2. The molecule has 1 aromatic heterocycles. The highest BCUT2D eigenvalue weighted by molar-refractivity contribution is 6.00. The van der Waals surface area contributed by atoms with Gasteiger partial charge in [-0.25, -0.2) is 0 Å². The molecule has 1 amide bonds. The third kappa shape index (κ3) is 2.81. The molecular weight excluding hydrogens is 292 g/mol. The van der Waals surface area contributed by atoms with Crippen LogP contribution < -0.4 is 4.74 Å². The molecule has 2 heterocycles. The lowest BCUT2D eigenvalue weighted by molar-refractivity contribution is 0.0629. The average molecular weight is 316 g/mol. The maximum Gasteiger partial charge on any atom is 0.289 e. The minimum absolute atomic E-state index is 0.0460. The van der Waals surface area contributed by atoms with Gasteiger partial charge in [-0.05, 0) is 46.0 Å². The van der Waals surface area contributed by atoms with Crippen LogP contribution in [-0.4, -0.2) is 56.0 Å². The SMILES string of the molecule is COc1cccc2c(C)c(C(=O)N(C)C3CCN(C)CC3)oc12. The van der Waals surface area contributed by atoms with Gasteiger partial charge < -0.3 is 19.0 Å². The molecule has 23 heavy (non-hydrogen) atoms. The number of benzene rings is 1. The van der Waals surface area contributed by atoms with Gasteiger partial charge in [-0.1, -0.05) is 12.1 Å². The molecule has 1 aliphatic heterocycles. The van der Waals surface area contributed by atoms with Crippen LogP contribution in [0.15, 0.2) is 22.6 Å². The number of aryl methyl sites for hydroxylation is 1. The smallest absolute Gasteiger partial charge is 0.289 e. The molecule has 3 rings (SSSR count). The Balaban J connectivity index is 1.90. The van der Waals surface area contributed by atoms with E-state index in [2.05, 4.69) is 11.9 Å². The number of furan rings is 1. The topological polar surface area (TPSA) is 45.9 Å². The van der Waals surface area contributed by atoms with Gasteiger partial charge in [0, 0.05) is 24.0 Å². The zero-order chi connectivity index (χ0) is 16.6. The molecule has 0 aliphatic carbocycles. The van der Waals surface area contributed by atoms with Gasteiger partial charge in [0.1, 0.15) is 0 Å². The Hall–Kier alpha value is -2.01. The van der Waals surface area contributed by atoms with Crippen molar-refractivity contribution in [2.45, 2.75) is 25.8 Å². The number of likely N-dealkylation sites (tertiary alicyclic amines) is 1. The van der Waals surface area contributed by atoms with Crippen LogP contribution in [0.5, 0.6) is 5.75 Å². The van der Waals surface area contributed by atoms with Crippen LogP contribution in [0.1, 0.15) is 29.0 Å². The van der Waals surface area contributed by atoms with E-state index in [-0.39, 0.29) is 11.9 Å². The van der Waals surface area contributed by atoms with Crippen LogP contribution in [0.4, 0.5) is 0 Å². The van der Waals surface area contributed by atoms with E-state index in [4.69, 9.17) is 9.15 Å². The predicted molar refractivity (Wildman–Crippen MR) is 90.1 cm³/mol. The van der Waals surface area contributed by atoms with Crippen LogP contribution in [0.25, 0.3) is 11.0 Å². The zero-order valence-electron chi connectivity index (χ0n) is 14.3. The predicted octanol–water partition coefficient (Wildman–Crippen LogP) is 2.92. The van der Waals surface area contributed by atoms with Crippen molar-refractivity contribution in [3.63, 3.8) is 0 Å². The lowest BCUT2D eigenvalue weighted by atomic mass is 10.0. The zero-order valence-corrected chi connectivity index (χ0v) is 14.3. The number of fused-ring (bicyclic) bond motifs is 1. The summed E-state index contributed by atoms with van der Waals surface area (Å²) in [6, 6.07) is 6.00. The van der Waals surface area contributed by atoms with E-state index in [1.807, 2.05) is 37.1 Å². The highest BCUT2D eigenvalue weighted by Crippen LogP contribution is 2.33. The Morgan fingerprint density at radius 2 is 2.04 bits per heavy atom. The third-order valence-corrected chi connectivity index (χ3v) is 4.90. The Bertz CT molecular complexity index is 714. The Labute approximate surface area is 136 Å². The van der Waals surface area contributed by atoms with Crippen molar-refractivity contribution in [3.05, 3.63) is 29.5 Å². The monoisotopic (exact) mass is 316 g/mol. The van der Waals surface area contributed by atoms with Gasteiger partial charge in [-0.15, -0.1) is 0 Å². The van der Waals surface area contributed by atoms with Crippen molar-refractivity contribution < 1.29 is 13.9 Å². The van der Waals surface area contributed by atoms with E-state index in [1.54, 1.807) is 7.11 Å². The minimum Gasteiger partial charge on any atom is -0.493 e. The largest absolute Gasteiger partial charge is 0.493 e. The minimum atomic E-state index is -0.0460. The number of piperidine rings is 1. The van der Waals surface area contributed by atoms with Gasteiger partial charge >= 0.3 is 0 Å².